The molecule has 0 fully saturated rings. The minimum absolute atomic E-state index is 0. The molecule has 2 aromatic rings. The number of aryl methyl sites for hydroxylation is 2. The van der Waals surface area contributed by atoms with Gasteiger partial charge in [-0.15, -0.1) is 24.0 Å². The minimum atomic E-state index is -1.67. The van der Waals surface area contributed by atoms with E-state index in [9.17, 15) is 0 Å². The predicted octanol–water partition coefficient (Wildman–Crippen LogP) is 4.48. The van der Waals surface area contributed by atoms with E-state index in [-0.39, 0.29) is 19.0 Å². The molecular weight excluding hydrogens is 402 g/mol. The topological polar surface area (TPSA) is 63.1 Å². The van der Waals surface area contributed by atoms with Gasteiger partial charge in [0.2, 0.25) is 9.23 Å². The summed E-state index contributed by atoms with van der Waals surface area (Å²) in [5.74, 6) is 0.500. The molecule has 4 nitrogen and oxygen atoms in total. The number of alkyl halides is 1. The van der Waals surface area contributed by atoms with Gasteiger partial charge in [0.15, 0.2) is 0 Å². The predicted molar refractivity (Wildman–Crippen MR) is 101 cm³/mol. The first-order valence-corrected chi connectivity index (χ1v) is 9.46. The molecule has 0 unspecified atom stereocenters. The van der Waals surface area contributed by atoms with E-state index in [0.717, 1.165) is 17.0 Å². The van der Waals surface area contributed by atoms with Crippen molar-refractivity contribution in [1.82, 2.24) is 9.97 Å². The van der Waals surface area contributed by atoms with Gasteiger partial charge in [-0.3, -0.25) is 9.97 Å². The number of rotatable bonds is 2. The number of hydrogen-bond acceptors (Lipinski definition) is 4. The third-order valence-electron chi connectivity index (χ3n) is 2.24. The Morgan fingerprint density at radius 3 is 1.65 bits per heavy atom. The number of aromatic nitrogens is 2. The Morgan fingerprint density at radius 1 is 1.00 bits per heavy atom. The molecule has 2 aromatic heterocycles. The van der Waals surface area contributed by atoms with Crippen LogP contribution in [0.5, 0.6) is 0 Å². The second-order valence-electron chi connectivity index (χ2n) is 4.13. The molecule has 130 valence electrons. The van der Waals surface area contributed by atoms with Crippen LogP contribution in [0.4, 0.5) is 0 Å². The van der Waals surface area contributed by atoms with Crippen LogP contribution in [-0.4, -0.2) is 19.3 Å². The highest BCUT2D eigenvalue weighted by molar-refractivity contribution is 8.26. The Balaban J connectivity index is 0. The Bertz CT molecular complexity index is 504. The SMILES string of the molecule is Cc1ccc(CCl)nc1.Cc1ccc(CO)nc1.Cl.O=S(Cl)Cl. The maximum absolute atomic E-state index is 9.09. The van der Waals surface area contributed by atoms with Gasteiger partial charge in [0.25, 0.3) is 0 Å². The average molecular weight is 420 g/mol. The van der Waals surface area contributed by atoms with Crippen molar-refractivity contribution in [3.63, 3.8) is 0 Å². The summed E-state index contributed by atoms with van der Waals surface area (Å²) in [6.07, 6.45) is 3.56. The summed E-state index contributed by atoms with van der Waals surface area (Å²) in [5.41, 5.74) is 3.94. The highest BCUT2D eigenvalue weighted by Crippen LogP contribution is 2.00. The fourth-order valence-corrected chi connectivity index (χ4v) is 1.33. The summed E-state index contributed by atoms with van der Waals surface area (Å²) in [7, 11) is 7.36. The molecule has 2 rings (SSSR count). The first kappa shape index (κ1) is 24.8. The molecule has 0 bridgehead atoms. The number of halogens is 4. The van der Waals surface area contributed by atoms with E-state index in [0.29, 0.717) is 5.88 Å². The largest absolute Gasteiger partial charge is 0.390 e. The Kier molecular flexibility index (Phi) is 16.3. The maximum Gasteiger partial charge on any atom is 0.211 e. The number of pyridine rings is 2. The lowest BCUT2D eigenvalue weighted by Crippen LogP contribution is -1.87. The van der Waals surface area contributed by atoms with E-state index in [1.165, 1.54) is 5.56 Å². The van der Waals surface area contributed by atoms with E-state index in [1.54, 1.807) is 6.20 Å². The zero-order chi connectivity index (χ0) is 17.0. The standard InChI is InChI=1S/C7H8ClN.C7H9NO.Cl2OS.ClH/c1-6-2-3-7(4-8)9-5-6;1-6-2-3-7(5-9)8-4-6;1-4(2)3;/h2-3,5H,4H2,1H3;2-4,9H,5H2,1H3;;1H. The zero-order valence-electron chi connectivity index (χ0n) is 12.6. The Morgan fingerprint density at radius 2 is 1.39 bits per heavy atom. The van der Waals surface area contributed by atoms with Crippen LogP contribution in [0.2, 0.25) is 0 Å². The third-order valence-corrected chi connectivity index (χ3v) is 2.52. The molecule has 0 aromatic carbocycles. The number of hydrogen-bond donors (Lipinski definition) is 1. The van der Waals surface area contributed by atoms with Gasteiger partial charge in [-0.25, -0.2) is 4.21 Å². The van der Waals surface area contributed by atoms with Gasteiger partial charge in [0, 0.05) is 33.8 Å². The van der Waals surface area contributed by atoms with E-state index >= 15 is 0 Å². The van der Waals surface area contributed by atoms with Gasteiger partial charge in [-0.1, -0.05) is 12.1 Å². The summed E-state index contributed by atoms with van der Waals surface area (Å²) < 4.78 is 9.09. The highest BCUT2D eigenvalue weighted by atomic mass is 36.0. The third kappa shape index (κ3) is 14.9. The number of aliphatic hydroxyl groups excluding tert-OH is 1. The van der Waals surface area contributed by atoms with Gasteiger partial charge < -0.3 is 5.11 Å². The minimum Gasteiger partial charge on any atom is -0.390 e. The van der Waals surface area contributed by atoms with Crippen LogP contribution in [0, 0.1) is 13.8 Å². The first-order valence-electron chi connectivity index (χ1n) is 6.13. The molecule has 0 aliphatic rings. The molecular formula is C14H18Cl4N2O2S. The highest BCUT2D eigenvalue weighted by Gasteiger charge is 1.88. The molecule has 0 aliphatic carbocycles. The lowest BCUT2D eigenvalue weighted by Gasteiger charge is -1.93. The van der Waals surface area contributed by atoms with Crippen molar-refractivity contribution in [1.29, 1.82) is 0 Å². The Hall–Kier alpha value is -0.430. The van der Waals surface area contributed by atoms with Crippen LogP contribution in [0.1, 0.15) is 22.5 Å². The van der Waals surface area contributed by atoms with E-state index in [2.05, 4.69) is 31.3 Å². The van der Waals surface area contributed by atoms with Crippen molar-refractivity contribution in [2.45, 2.75) is 26.3 Å². The lowest BCUT2D eigenvalue weighted by atomic mass is 10.3. The summed E-state index contributed by atoms with van der Waals surface area (Å²) in [6, 6.07) is 7.68. The average Bonchev–Trinajstić information content (AvgIpc) is 2.49. The van der Waals surface area contributed by atoms with Crippen molar-refractivity contribution in [3.8, 4) is 0 Å². The van der Waals surface area contributed by atoms with Gasteiger partial charge in [-0.05, 0) is 37.1 Å². The van der Waals surface area contributed by atoms with Crippen molar-refractivity contribution in [2.24, 2.45) is 0 Å². The van der Waals surface area contributed by atoms with Crippen molar-refractivity contribution in [2.75, 3.05) is 0 Å². The lowest BCUT2D eigenvalue weighted by molar-refractivity contribution is 0.277. The maximum atomic E-state index is 9.09. The molecule has 2 heterocycles. The molecule has 0 radical (unpaired) electrons. The van der Waals surface area contributed by atoms with Gasteiger partial charge in [-0.2, -0.15) is 0 Å². The summed E-state index contributed by atoms with van der Waals surface area (Å²) in [4.78, 5) is 8.01. The van der Waals surface area contributed by atoms with E-state index in [4.69, 9.17) is 20.9 Å². The quantitative estimate of drug-likeness (QED) is 0.575. The summed E-state index contributed by atoms with van der Waals surface area (Å²) in [5, 5.41) is 8.57. The van der Waals surface area contributed by atoms with Crippen molar-refractivity contribution >= 4 is 54.6 Å². The van der Waals surface area contributed by atoms with Crippen LogP contribution in [0.15, 0.2) is 36.7 Å². The normalized spacial score (nSPS) is 9.00. The molecule has 0 saturated heterocycles. The zero-order valence-corrected chi connectivity index (χ0v) is 16.5. The smallest absolute Gasteiger partial charge is 0.211 e. The van der Waals surface area contributed by atoms with Crippen LogP contribution >= 0.6 is 45.4 Å². The monoisotopic (exact) mass is 418 g/mol. The molecule has 1 N–H and O–H groups in total. The second-order valence-corrected chi connectivity index (χ2v) is 6.92. The van der Waals surface area contributed by atoms with Crippen LogP contribution < -0.4 is 0 Å². The molecule has 0 aliphatic heterocycles. The molecule has 23 heavy (non-hydrogen) atoms. The van der Waals surface area contributed by atoms with Crippen LogP contribution in [0.3, 0.4) is 0 Å². The van der Waals surface area contributed by atoms with Crippen molar-refractivity contribution in [3.05, 3.63) is 59.2 Å². The Labute approximate surface area is 159 Å². The second kappa shape index (κ2) is 15.1. The number of aliphatic hydroxyl groups is 1. The van der Waals surface area contributed by atoms with Crippen LogP contribution in [-0.2, 0) is 21.7 Å². The molecule has 0 atom stereocenters. The molecule has 0 spiro atoms. The van der Waals surface area contributed by atoms with Crippen LogP contribution in [0.25, 0.3) is 0 Å². The molecule has 9 heteroatoms. The van der Waals surface area contributed by atoms with E-state index in [1.807, 2.05) is 44.3 Å². The first-order chi connectivity index (χ1) is 10.4. The van der Waals surface area contributed by atoms with Gasteiger partial charge in [0.05, 0.1) is 23.9 Å². The van der Waals surface area contributed by atoms with E-state index < -0.39 is 9.23 Å². The molecule has 0 amide bonds. The summed E-state index contributed by atoms with van der Waals surface area (Å²) >= 11 is 5.52. The fourth-order valence-electron chi connectivity index (χ4n) is 1.17. The fraction of sp³-hybridized carbons (Fsp3) is 0.286. The number of nitrogens with zero attached hydrogens (tertiary/aromatic N) is 2. The van der Waals surface area contributed by atoms with Crippen molar-refractivity contribution < 1.29 is 9.32 Å². The summed E-state index contributed by atoms with van der Waals surface area (Å²) in [6.45, 7) is 4.00. The molecule has 0 saturated carbocycles. The van der Waals surface area contributed by atoms with Gasteiger partial charge >= 0.3 is 0 Å². The van der Waals surface area contributed by atoms with Gasteiger partial charge in [0.1, 0.15) is 0 Å².